The summed E-state index contributed by atoms with van der Waals surface area (Å²) in [5.74, 6) is 2.59. The topological polar surface area (TPSA) is 68.0 Å². The number of hydrogen-bond acceptors (Lipinski definition) is 4. The van der Waals surface area contributed by atoms with E-state index >= 15 is 0 Å². The minimum absolute atomic E-state index is 0. The summed E-state index contributed by atoms with van der Waals surface area (Å²) in [5.41, 5.74) is 1.10. The van der Waals surface area contributed by atoms with E-state index in [1.807, 2.05) is 43.3 Å². The highest BCUT2D eigenvalue weighted by Crippen LogP contribution is 2.14. The van der Waals surface area contributed by atoms with Crippen LogP contribution in [0.25, 0.3) is 0 Å². The summed E-state index contributed by atoms with van der Waals surface area (Å²) < 4.78 is 16.0. The molecule has 0 aliphatic rings. The molecule has 0 amide bonds. The molecular formula is C19H28IN3O3. The standard InChI is InChI=1S/C19H27N3O3.HI/c1-3-20-19(21-10-9-17-8-5-11-24-17)22-15-16-6-4-7-18(14-16)25-13-12-23-2;/h4-8,11,14H,3,9-10,12-13,15H2,1-2H3,(H2,20,21,22);1H. The Bertz CT molecular complexity index is 633. The highest BCUT2D eigenvalue weighted by molar-refractivity contribution is 14.0. The molecule has 0 aliphatic heterocycles. The van der Waals surface area contributed by atoms with Crippen molar-refractivity contribution in [1.29, 1.82) is 0 Å². The van der Waals surface area contributed by atoms with Crippen molar-refractivity contribution in [3.63, 3.8) is 0 Å². The molecule has 0 aliphatic carbocycles. The Balaban J connectivity index is 0.00000338. The van der Waals surface area contributed by atoms with Crippen LogP contribution in [0, 0.1) is 0 Å². The van der Waals surface area contributed by atoms with Crippen molar-refractivity contribution in [2.24, 2.45) is 4.99 Å². The maximum atomic E-state index is 5.63. The summed E-state index contributed by atoms with van der Waals surface area (Å²) in [6.45, 7) is 5.32. The molecule has 26 heavy (non-hydrogen) atoms. The number of aliphatic imine (C=N–C) groups is 1. The van der Waals surface area contributed by atoms with Gasteiger partial charge in [-0.05, 0) is 36.8 Å². The van der Waals surface area contributed by atoms with Gasteiger partial charge in [-0.15, -0.1) is 24.0 Å². The maximum absolute atomic E-state index is 5.63. The van der Waals surface area contributed by atoms with Crippen LogP contribution in [0.15, 0.2) is 52.1 Å². The summed E-state index contributed by atoms with van der Waals surface area (Å²) >= 11 is 0. The van der Waals surface area contributed by atoms with Crippen LogP contribution >= 0.6 is 24.0 Å². The van der Waals surface area contributed by atoms with Crippen molar-refractivity contribution in [3.8, 4) is 5.75 Å². The number of methoxy groups -OCH3 is 1. The van der Waals surface area contributed by atoms with E-state index in [0.29, 0.717) is 19.8 Å². The van der Waals surface area contributed by atoms with Gasteiger partial charge in [0.2, 0.25) is 0 Å². The summed E-state index contributed by atoms with van der Waals surface area (Å²) in [7, 11) is 1.66. The van der Waals surface area contributed by atoms with E-state index in [0.717, 1.165) is 42.5 Å². The predicted octanol–water partition coefficient (Wildman–Crippen LogP) is 3.22. The molecule has 2 aromatic rings. The molecule has 144 valence electrons. The van der Waals surface area contributed by atoms with Gasteiger partial charge in [-0.3, -0.25) is 0 Å². The fraction of sp³-hybridized carbons (Fsp3) is 0.421. The summed E-state index contributed by atoms with van der Waals surface area (Å²) in [6.07, 6.45) is 2.51. The van der Waals surface area contributed by atoms with Gasteiger partial charge in [-0.1, -0.05) is 12.1 Å². The Morgan fingerprint density at radius 2 is 2.04 bits per heavy atom. The molecule has 1 heterocycles. The first kappa shape index (κ1) is 22.3. The van der Waals surface area contributed by atoms with Gasteiger partial charge in [-0.2, -0.15) is 0 Å². The van der Waals surface area contributed by atoms with Gasteiger partial charge in [0.25, 0.3) is 0 Å². The number of guanidine groups is 1. The van der Waals surface area contributed by atoms with Crippen LogP contribution in [0.2, 0.25) is 0 Å². The largest absolute Gasteiger partial charge is 0.491 e. The number of nitrogens with zero attached hydrogens (tertiary/aromatic N) is 1. The van der Waals surface area contributed by atoms with Crippen LogP contribution in [0.1, 0.15) is 18.2 Å². The average Bonchev–Trinajstić information content (AvgIpc) is 3.14. The second-order valence-electron chi connectivity index (χ2n) is 5.44. The number of benzene rings is 1. The first-order valence-corrected chi connectivity index (χ1v) is 8.57. The molecule has 2 rings (SSSR count). The molecule has 0 saturated carbocycles. The van der Waals surface area contributed by atoms with Crippen molar-refractivity contribution in [1.82, 2.24) is 10.6 Å². The molecular weight excluding hydrogens is 445 g/mol. The Kier molecular flexibility index (Phi) is 11.5. The molecule has 1 aromatic carbocycles. The van der Waals surface area contributed by atoms with Gasteiger partial charge in [0.15, 0.2) is 5.96 Å². The highest BCUT2D eigenvalue weighted by atomic mass is 127. The lowest BCUT2D eigenvalue weighted by atomic mass is 10.2. The zero-order valence-corrected chi connectivity index (χ0v) is 17.7. The van der Waals surface area contributed by atoms with E-state index < -0.39 is 0 Å². The molecule has 0 spiro atoms. The number of ether oxygens (including phenoxy) is 2. The molecule has 7 heteroatoms. The molecule has 0 saturated heterocycles. The minimum atomic E-state index is 0. The fourth-order valence-corrected chi connectivity index (χ4v) is 2.25. The second-order valence-corrected chi connectivity index (χ2v) is 5.44. The zero-order valence-electron chi connectivity index (χ0n) is 15.4. The summed E-state index contributed by atoms with van der Waals surface area (Å²) in [5, 5.41) is 6.57. The van der Waals surface area contributed by atoms with E-state index in [1.165, 1.54) is 0 Å². The SMILES string of the molecule is CCNC(=NCc1cccc(OCCOC)c1)NCCc1ccco1.I. The van der Waals surface area contributed by atoms with Crippen LogP contribution in [-0.2, 0) is 17.7 Å². The third-order valence-corrected chi connectivity index (χ3v) is 3.46. The van der Waals surface area contributed by atoms with Crippen LogP contribution < -0.4 is 15.4 Å². The molecule has 0 radical (unpaired) electrons. The molecule has 2 N–H and O–H groups in total. The van der Waals surface area contributed by atoms with Gasteiger partial charge in [-0.25, -0.2) is 4.99 Å². The quantitative estimate of drug-likeness (QED) is 0.240. The van der Waals surface area contributed by atoms with Crippen molar-refractivity contribution >= 4 is 29.9 Å². The number of hydrogen-bond donors (Lipinski definition) is 2. The zero-order chi connectivity index (χ0) is 17.7. The maximum Gasteiger partial charge on any atom is 0.191 e. The summed E-state index contributed by atoms with van der Waals surface area (Å²) in [4.78, 5) is 4.62. The van der Waals surface area contributed by atoms with E-state index in [1.54, 1.807) is 13.4 Å². The first-order chi connectivity index (χ1) is 12.3. The van der Waals surface area contributed by atoms with E-state index in [2.05, 4.69) is 15.6 Å². The van der Waals surface area contributed by atoms with Crippen LogP contribution in [0.4, 0.5) is 0 Å². The molecule has 1 aromatic heterocycles. The van der Waals surface area contributed by atoms with E-state index in [4.69, 9.17) is 13.9 Å². The summed E-state index contributed by atoms with van der Waals surface area (Å²) in [6, 6.07) is 11.8. The van der Waals surface area contributed by atoms with E-state index in [-0.39, 0.29) is 24.0 Å². The Morgan fingerprint density at radius 3 is 2.77 bits per heavy atom. The van der Waals surface area contributed by atoms with Crippen LogP contribution in [-0.4, -0.2) is 39.4 Å². The van der Waals surface area contributed by atoms with Crippen molar-refractivity contribution < 1.29 is 13.9 Å². The third-order valence-electron chi connectivity index (χ3n) is 3.46. The predicted molar refractivity (Wildman–Crippen MR) is 114 cm³/mol. The van der Waals surface area contributed by atoms with Gasteiger partial charge in [0.1, 0.15) is 18.1 Å². The molecule has 0 fully saturated rings. The number of rotatable bonds is 10. The van der Waals surface area contributed by atoms with Crippen molar-refractivity contribution in [2.75, 3.05) is 33.4 Å². The third kappa shape index (κ3) is 8.57. The number of halogens is 1. The molecule has 0 atom stereocenters. The Hall–Kier alpha value is -1.74. The lowest BCUT2D eigenvalue weighted by Crippen LogP contribution is -2.38. The van der Waals surface area contributed by atoms with Crippen molar-refractivity contribution in [3.05, 3.63) is 54.0 Å². The van der Waals surface area contributed by atoms with Gasteiger partial charge in [0.05, 0.1) is 19.4 Å². The minimum Gasteiger partial charge on any atom is -0.491 e. The molecule has 6 nitrogen and oxygen atoms in total. The fourth-order valence-electron chi connectivity index (χ4n) is 2.25. The molecule has 0 bridgehead atoms. The molecule has 0 unspecified atom stereocenters. The monoisotopic (exact) mass is 473 g/mol. The smallest absolute Gasteiger partial charge is 0.191 e. The van der Waals surface area contributed by atoms with Crippen LogP contribution in [0.5, 0.6) is 5.75 Å². The van der Waals surface area contributed by atoms with Gasteiger partial charge >= 0.3 is 0 Å². The van der Waals surface area contributed by atoms with Crippen molar-refractivity contribution in [2.45, 2.75) is 19.9 Å². The number of nitrogens with one attached hydrogen (secondary N) is 2. The van der Waals surface area contributed by atoms with Gasteiger partial charge < -0.3 is 24.5 Å². The Morgan fingerprint density at radius 1 is 1.15 bits per heavy atom. The van der Waals surface area contributed by atoms with Crippen LogP contribution in [0.3, 0.4) is 0 Å². The van der Waals surface area contributed by atoms with E-state index in [9.17, 15) is 0 Å². The second kappa shape index (κ2) is 13.5. The lowest BCUT2D eigenvalue weighted by Gasteiger charge is -2.11. The highest BCUT2D eigenvalue weighted by Gasteiger charge is 2.01. The first-order valence-electron chi connectivity index (χ1n) is 8.57. The lowest BCUT2D eigenvalue weighted by molar-refractivity contribution is 0.146. The average molecular weight is 473 g/mol. The normalized spacial score (nSPS) is 10.9. The van der Waals surface area contributed by atoms with Gasteiger partial charge in [0, 0.05) is 26.6 Å². The Labute approximate surface area is 172 Å². The number of furan rings is 1.